The van der Waals surface area contributed by atoms with Gasteiger partial charge in [0.25, 0.3) is 0 Å². The molecule has 0 aliphatic carbocycles. The first-order valence-electron chi connectivity index (χ1n) is 8.75. The maximum Gasteiger partial charge on any atom is 0.138 e. The standard InChI is InChI=1S/C23H25NO2/c1-14-9-16(3)22(24)20(11-14)21-12-15(2)10-17(4)23(21)26-19-7-5-18(13-25)6-8-19/h5-12,25H,13,24H2,1-4H3. The van der Waals surface area contributed by atoms with Crippen LogP contribution in [0.4, 0.5) is 5.69 Å². The monoisotopic (exact) mass is 347 g/mol. The number of aliphatic hydroxyl groups excluding tert-OH is 1. The highest BCUT2D eigenvalue weighted by molar-refractivity contribution is 5.84. The zero-order valence-corrected chi connectivity index (χ0v) is 15.8. The van der Waals surface area contributed by atoms with Gasteiger partial charge in [0.05, 0.1) is 6.61 Å². The first-order valence-corrected chi connectivity index (χ1v) is 8.75. The molecule has 0 radical (unpaired) electrons. The maximum absolute atomic E-state index is 9.21. The summed E-state index contributed by atoms with van der Waals surface area (Å²) >= 11 is 0. The van der Waals surface area contributed by atoms with Crippen LogP contribution in [-0.4, -0.2) is 5.11 Å². The van der Waals surface area contributed by atoms with Gasteiger partial charge in [-0.05, 0) is 74.2 Å². The molecule has 3 N–H and O–H groups in total. The minimum atomic E-state index is 0.0220. The molecule has 0 saturated heterocycles. The maximum atomic E-state index is 9.21. The molecule has 3 nitrogen and oxygen atoms in total. The lowest BCUT2D eigenvalue weighted by Gasteiger charge is -2.18. The van der Waals surface area contributed by atoms with Crippen LogP contribution in [0, 0.1) is 27.7 Å². The summed E-state index contributed by atoms with van der Waals surface area (Å²) in [6.07, 6.45) is 0. The average molecular weight is 347 g/mol. The summed E-state index contributed by atoms with van der Waals surface area (Å²) in [6.45, 7) is 8.26. The van der Waals surface area contributed by atoms with Crippen LogP contribution < -0.4 is 10.5 Å². The molecule has 0 spiro atoms. The lowest BCUT2D eigenvalue weighted by atomic mass is 9.94. The molecule has 3 rings (SSSR count). The van der Waals surface area contributed by atoms with E-state index in [1.807, 2.05) is 38.1 Å². The van der Waals surface area contributed by atoms with E-state index in [9.17, 15) is 5.11 Å². The second-order valence-electron chi connectivity index (χ2n) is 6.91. The molecular formula is C23H25NO2. The Morgan fingerprint density at radius 3 is 2.00 bits per heavy atom. The first kappa shape index (κ1) is 18.0. The number of nitrogens with two attached hydrogens (primary N) is 1. The molecule has 0 aliphatic rings. The van der Waals surface area contributed by atoms with Gasteiger partial charge in [0.1, 0.15) is 11.5 Å². The number of nitrogen functional groups attached to an aromatic ring is 1. The number of ether oxygens (including phenoxy) is 1. The topological polar surface area (TPSA) is 55.5 Å². The zero-order chi connectivity index (χ0) is 18.8. The number of rotatable bonds is 4. The molecule has 0 atom stereocenters. The van der Waals surface area contributed by atoms with E-state index in [2.05, 4.69) is 38.1 Å². The summed E-state index contributed by atoms with van der Waals surface area (Å²) in [7, 11) is 0. The summed E-state index contributed by atoms with van der Waals surface area (Å²) < 4.78 is 6.25. The normalized spacial score (nSPS) is 10.8. The zero-order valence-electron chi connectivity index (χ0n) is 15.8. The van der Waals surface area contributed by atoms with Crippen molar-refractivity contribution in [2.75, 3.05) is 5.73 Å². The van der Waals surface area contributed by atoms with E-state index in [1.165, 1.54) is 11.1 Å². The predicted molar refractivity (Wildman–Crippen MR) is 108 cm³/mol. The third-order valence-electron chi connectivity index (χ3n) is 4.57. The van der Waals surface area contributed by atoms with Gasteiger partial charge in [0.15, 0.2) is 0 Å². The fourth-order valence-electron chi connectivity index (χ4n) is 3.27. The molecular weight excluding hydrogens is 322 g/mol. The fraction of sp³-hybridized carbons (Fsp3) is 0.217. The molecule has 0 aromatic heterocycles. The molecule has 26 heavy (non-hydrogen) atoms. The van der Waals surface area contributed by atoms with E-state index in [0.29, 0.717) is 0 Å². The number of hydrogen-bond donors (Lipinski definition) is 2. The SMILES string of the molecule is Cc1cc(C)c(N)c(-c2cc(C)cc(C)c2Oc2ccc(CO)cc2)c1. The molecule has 134 valence electrons. The van der Waals surface area contributed by atoms with Crippen molar-refractivity contribution in [1.82, 2.24) is 0 Å². The van der Waals surface area contributed by atoms with Crippen LogP contribution in [0.15, 0.2) is 48.5 Å². The molecule has 3 aromatic carbocycles. The second-order valence-corrected chi connectivity index (χ2v) is 6.91. The van der Waals surface area contributed by atoms with Gasteiger partial charge in [-0.15, -0.1) is 0 Å². The van der Waals surface area contributed by atoms with Crippen molar-refractivity contribution in [3.8, 4) is 22.6 Å². The van der Waals surface area contributed by atoms with Gasteiger partial charge in [-0.1, -0.05) is 29.8 Å². The summed E-state index contributed by atoms with van der Waals surface area (Å²) in [5.41, 5.74) is 14.5. The molecule has 0 heterocycles. The smallest absolute Gasteiger partial charge is 0.138 e. The Hall–Kier alpha value is -2.78. The Balaban J connectivity index is 2.14. The highest BCUT2D eigenvalue weighted by Crippen LogP contribution is 2.41. The van der Waals surface area contributed by atoms with E-state index >= 15 is 0 Å². The van der Waals surface area contributed by atoms with Crippen LogP contribution in [0.2, 0.25) is 0 Å². The first-order chi connectivity index (χ1) is 12.4. The summed E-state index contributed by atoms with van der Waals surface area (Å²) in [5.74, 6) is 1.54. The van der Waals surface area contributed by atoms with Crippen LogP contribution in [0.3, 0.4) is 0 Å². The third kappa shape index (κ3) is 3.58. The van der Waals surface area contributed by atoms with Crippen molar-refractivity contribution in [2.45, 2.75) is 34.3 Å². The quantitative estimate of drug-likeness (QED) is 0.617. The average Bonchev–Trinajstić information content (AvgIpc) is 2.61. The largest absolute Gasteiger partial charge is 0.456 e. The summed E-state index contributed by atoms with van der Waals surface area (Å²) in [4.78, 5) is 0. The van der Waals surface area contributed by atoms with Crippen LogP contribution in [-0.2, 0) is 6.61 Å². The molecule has 0 amide bonds. The van der Waals surface area contributed by atoms with Crippen molar-refractivity contribution in [3.05, 3.63) is 76.3 Å². The molecule has 0 unspecified atom stereocenters. The molecule has 0 fully saturated rings. The van der Waals surface area contributed by atoms with Crippen molar-refractivity contribution in [2.24, 2.45) is 0 Å². The lowest BCUT2D eigenvalue weighted by Crippen LogP contribution is -1.99. The molecule has 0 saturated carbocycles. The highest BCUT2D eigenvalue weighted by atomic mass is 16.5. The van der Waals surface area contributed by atoms with Crippen molar-refractivity contribution in [3.63, 3.8) is 0 Å². The fourth-order valence-corrected chi connectivity index (χ4v) is 3.27. The van der Waals surface area contributed by atoms with Crippen molar-refractivity contribution >= 4 is 5.69 Å². The van der Waals surface area contributed by atoms with Crippen LogP contribution >= 0.6 is 0 Å². The highest BCUT2D eigenvalue weighted by Gasteiger charge is 2.15. The number of benzene rings is 3. The van der Waals surface area contributed by atoms with E-state index < -0.39 is 0 Å². The van der Waals surface area contributed by atoms with Gasteiger partial charge in [0.2, 0.25) is 0 Å². The Bertz CT molecular complexity index is 943. The van der Waals surface area contributed by atoms with Crippen LogP contribution in [0.25, 0.3) is 11.1 Å². The Labute approximate surface area is 155 Å². The van der Waals surface area contributed by atoms with Gasteiger partial charge < -0.3 is 15.6 Å². The summed E-state index contributed by atoms with van der Waals surface area (Å²) in [5, 5.41) is 9.21. The van der Waals surface area contributed by atoms with Crippen LogP contribution in [0.5, 0.6) is 11.5 Å². The predicted octanol–water partition coefficient (Wildman–Crippen LogP) is 5.45. The molecule has 0 bridgehead atoms. The van der Waals surface area contributed by atoms with Gasteiger partial charge in [-0.2, -0.15) is 0 Å². The Morgan fingerprint density at radius 2 is 1.38 bits per heavy atom. The number of aryl methyl sites for hydroxylation is 4. The molecule has 0 aliphatic heterocycles. The van der Waals surface area contributed by atoms with Gasteiger partial charge in [-0.3, -0.25) is 0 Å². The van der Waals surface area contributed by atoms with E-state index in [-0.39, 0.29) is 6.61 Å². The van der Waals surface area contributed by atoms with Gasteiger partial charge in [0, 0.05) is 16.8 Å². The number of aliphatic hydroxyl groups is 1. The van der Waals surface area contributed by atoms with Crippen molar-refractivity contribution < 1.29 is 9.84 Å². The number of anilines is 1. The van der Waals surface area contributed by atoms with E-state index in [1.54, 1.807) is 0 Å². The Kier molecular flexibility index (Phi) is 5.01. The van der Waals surface area contributed by atoms with E-state index in [4.69, 9.17) is 10.5 Å². The van der Waals surface area contributed by atoms with Crippen LogP contribution in [0.1, 0.15) is 27.8 Å². The van der Waals surface area contributed by atoms with Crippen molar-refractivity contribution in [1.29, 1.82) is 0 Å². The molecule has 3 aromatic rings. The third-order valence-corrected chi connectivity index (χ3v) is 4.57. The second kappa shape index (κ2) is 7.22. The number of hydrogen-bond acceptors (Lipinski definition) is 3. The molecule has 3 heteroatoms. The minimum Gasteiger partial charge on any atom is -0.456 e. The van der Waals surface area contributed by atoms with E-state index in [0.717, 1.165) is 45.0 Å². The summed E-state index contributed by atoms with van der Waals surface area (Å²) in [6, 6.07) is 15.9. The van der Waals surface area contributed by atoms with Gasteiger partial charge >= 0.3 is 0 Å². The van der Waals surface area contributed by atoms with Gasteiger partial charge in [-0.25, -0.2) is 0 Å². The Morgan fingerprint density at radius 1 is 0.808 bits per heavy atom. The lowest BCUT2D eigenvalue weighted by molar-refractivity contribution is 0.281. The minimum absolute atomic E-state index is 0.0220.